The fraction of sp³-hybridized carbons (Fsp3) is 0.643. The molecule has 0 unspecified atom stereocenters. The number of carboxylic acids is 1. The zero-order valence-electron chi connectivity index (χ0n) is 12.5. The second-order valence-corrected chi connectivity index (χ2v) is 5.69. The van der Waals surface area contributed by atoms with Gasteiger partial charge >= 0.3 is 12.0 Å². The first kappa shape index (κ1) is 15.3. The lowest BCUT2D eigenvalue weighted by molar-refractivity contribution is -0.145. The number of rotatable bonds is 4. The minimum absolute atomic E-state index is 0.338. The number of hydrogen-bond acceptors (Lipinski definition) is 3. The number of carbonyl (C=O) groups is 2. The number of nitrogens with zero attached hydrogens (tertiary/aromatic N) is 3. The summed E-state index contributed by atoms with van der Waals surface area (Å²) in [6.07, 6.45) is 7.13. The monoisotopic (exact) mass is 294 g/mol. The van der Waals surface area contributed by atoms with E-state index in [2.05, 4.69) is 10.3 Å². The highest BCUT2D eigenvalue weighted by Crippen LogP contribution is 2.28. The lowest BCUT2D eigenvalue weighted by atomic mass is 9.82. The lowest BCUT2D eigenvalue weighted by Crippen LogP contribution is -2.58. The molecule has 1 aromatic heterocycles. The Kier molecular flexibility index (Phi) is 4.50. The van der Waals surface area contributed by atoms with Gasteiger partial charge in [-0.15, -0.1) is 0 Å². The number of carbonyl (C=O) groups excluding carboxylic acids is 1. The summed E-state index contributed by atoms with van der Waals surface area (Å²) in [6.45, 7) is 0.338. The van der Waals surface area contributed by atoms with Gasteiger partial charge in [-0.3, -0.25) is 0 Å². The molecular weight excluding hydrogens is 272 g/mol. The van der Waals surface area contributed by atoms with Crippen LogP contribution in [0.15, 0.2) is 12.4 Å². The highest BCUT2D eigenvalue weighted by molar-refractivity contribution is 5.86. The number of urea groups is 1. The molecule has 1 aliphatic rings. The smallest absolute Gasteiger partial charge is 0.329 e. The Hall–Kier alpha value is -2.05. The Morgan fingerprint density at radius 1 is 1.43 bits per heavy atom. The molecule has 0 saturated heterocycles. The van der Waals surface area contributed by atoms with E-state index < -0.39 is 11.5 Å². The average Bonchev–Trinajstić information content (AvgIpc) is 2.85. The molecule has 0 radical (unpaired) electrons. The van der Waals surface area contributed by atoms with Gasteiger partial charge in [0.25, 0.3) is 0 Å². The van der Waals surface area contributed by atoms with Crippen LogP contribution in [0.5, 0.6) is 0 Å². The highest BCUT2D eigenvalue weighted by atomic mass is 16.4. The van der Waals surface area contributed by atoms with Gasteiger partial charge in [0.1, 0.15) is 11.4 Å². The first-order valence-corrected chi connectivity index (χ1v) is 7.17. The Bertz CT molecular complexity index is 520. The number of imidazole rings is 1. The largest absolute Gasteiger partial charge is 0.480 e. The minimum Gasteiger partial charge on any atom is -0.480 e. The molecule has 7 heteroatoms. The molecular formula is C14H22N4O3. The third-order valence-electron chi connectivity index (χ3n) is 4.11. The summed E-state index contributed by atoms with van der Waals surface area (Å²) in [5, 5.41) is 12.2. The summed E-state index contributed by atoms with van der Waals surface area (Å²) in [4.78, 5) is 29.5. The van der Waals surface area contributed by atoms with E-state index in [4.69, 9.17) is 0 Å². The third-order valence-corrected chi connectivity index (χ3v) is 4.11. The van der Waals surface area contributed by atoms with Crippen LogP contribution < -0.4 is 5.32 Å². The lowest BCUT2D eigenvalue weighted by Gasteiger charge is -2.35. The van der Waals surface area contributed by atoms with Gasteiger partial charge in [-0.05, 0) is 12.8 Å². The maximum absolute atomic E-state index is 12.3. The average molecular weight is 294 g/mol. The maximum Gasteiger partial charge on any atom is 0.329 e. The van der Waals surface area contributed by atoms with Crippen molar-refractivity contribution in [2.75, 3.05) is 7.05 Å². The molecule has 116 valence electrons. The van der Waals surface area contributed by atoms with Crippen molar-refractivity contribution >= 4 is 12.0 Å². The van der Waals surface area contributed by atoms with E-state index in [1.807, 2.05) is 11.6 Å². The first-order valence-electron chi connectivity index (χ1n) is 7.17. The van der Waals surface area contributed by atoms with Crippen LogP contribution in [0.2, 0.25) is 0 Å². The SMILES string of the molecule is CN(Cc1nccn1C)C(=O)NC1(C(=O)O)CCCCC1. The van der Waals surface area contributed by atoms with E-state index >= 15 is 0 Å². The standard InChI is InChI=1S/C14H22N4O3/c1-17-9-8-15-11(17)10-18(2)13(21)16-14(12(19)20)6-4-3-5-7-14/h8-9H,3-7,10H2,1-2H3,(H,16,21)(H,19,20). The zero-order chi connectivity index (χ0) is 15.5. The van der Waals surface area contributed by atoms with Gasteiger partial charge in [0.2, 0.25) is 0 Å². The molecule has 1 aromatic rings. The van der Waals surface area contributed by atoms with Crippen LogP contribution in [0.3, 0.4) is 0 Å². The molecule has 7 nitrogen and oxygen atoms in total. The van der Waals surface area contributed by atoms with Crippen molar-refractivity contribution in [1.29, 1.82) is 0 Å². The number of hydrogen-bond donors (Lipinski definition) is 2. The molecule has 1 heterocycles. The maximum atomic E-state index is 12.3. The van der Waals surface area contributed by atoms with E-state index in [0.29, 0.717) is 19.4 Å². The van der Waals surface area contributed by atoms with Crippen LogP contribution in [-0.2, 0) is 18.4 Å². The molecule has 2 rings (SSSR count). The fourth-order valence-corrected chi connectivity index (χ4v) is 2.68. The predicted octanol–water partition coefficient (Wildman–Crippen LogP) is 1.35. The zero-order valence-corrected chi connectivity index (χ0v) is 12.5. The molecule has 0 aliphatic heterocycles. The molecule has 0 atom stereocenters. The predicted molar refractivity (Wildman–Crippen MR) is 76.7 cm³/mol. The summed E-state index contributed by atoms with van der Waals surface area (Å²) in [5.74, 6) is -0.193. The van der Waals surface area contributed by atoms with E-state index in [1.165, 1.54) is 4.90 Å². The van der Waals surface area contributed by atoms with E-state index in [9.17, 15) is 14.7 Å². The quantitative estimate of drug-likeness (QED) is 0.877. The van der Waals surface area contributed by atoms with Crippen molar-refractivity contribution in [2.24, 2.45) is 7.05 Å². The van der Waals surface area contributed by atoms with Crippen molar-refractivity contribution in [3.63, 3.8) is 0 Å². The number of aromatic nitrogens is 2. The Morgan fingerprint density at radius 3 is 2.62 bits per heavy atom. The highest BCUT2D eigenvalue weighted by Gasteiger charge is 2.41. The normalized spacial score (nSPS) is 17.2. The van der Waals surface area contributed by atoms with E-state index in [1.54, 1.807) is 19.4 Å². The van der Waals surface area contributed by atoms with Gasteiger partial charge in [-0.2, -0.15) is 0 Å². The summed E-state index contributed by atoms with van der Waals surface area (Å²) in [5.41, 5.74) is -1.12. The second-order valence-electron chi connectivity index (χ2n) is 5.69. The summed E-state index contributed by atoms with van der Waals surface area (Å²) in [7, 11) is 3.50. The van der Waals surface area contributed by atoms with Crippen molar-refractivity contribution in [2.45, 2.75) is 44.2 Å². The Labute approximate surface area is 124 Å². The van der Waals surface area contributed by atoms with Crippen molar-refractivity contribution in [3.8, 4) is 0 Å². The van der Waals surface area contributed by atoms with Crippen molar-refractivity contribution in [1.82, 2.24) is 19.8 Å². The van der Waals surface area contributed by atoms with Crippen LogP contribution >= 0.6 is 0 Å². The number of aryl methyl sites for hydroxylation is 1. The van der Waals surface area contributed by atoms with Crippen molar-refractivity contribution in [3.05, 3.63) is 18.2 Å². The molecule has 2 amide bonds. The van der Waals surface area contributed by atoms with Gasteiger partial charge < -0.3 is 19.9 Å². The topological polar surface area (TPSA) is 87.5 Å². The number of nitrogens with one attached hydrogen (secondary N) is 1. The Morgan fingerprint density at radius 2 is 2.10 bits per heavy atom. The van der Waals surface area contributed by atoms with Gasteiger partial charge in [-0.1, -0.05) is 19.3 Å². The summed E-state index contributed by atoms with van der Waals surface area (Å²) < 4.78 is 1.83. The molecule has 0 bridgehead atoms. The Balaban J connectivity index is 2.01. The van der Waals surface area contributed by atoms with Gasteiger partial charge in [0.15, 0.2) is 0 Å². The second kappa shape index (κ2) is 6.15. The summed E-state index contributed by atoms with van der Waals surface area (Å²) >= 11 is 0. The van der Waals surface area contributed by atoms with Crippen LogP contribution in [0.1, 0.15) is 37.9 Å². The van der Waals surface area contributed by atoms with Gasteiger partial charge in [-0.25, -0.2) is 14.6 Å². The number of carboxylic acid groups (broad SMARTS) is 1. The third kappa shape index (κ3) is 3.34. The first-order chi connectivity index (χ1) is 9.94. The molecule has 1 fully saturated rings. The van der Waals surface area contributed by atoms with Crippen LogP contribution in [0.4, 0.5) is 4.79 Å². The molecule has 0 aromatic carbocycles. The van der Waals surface area contributed by atoms with Crippen LogP contribution in [0.25, 0.3) is 0 Å². The van der Waals surface area contributed by atoms with Crippen molar-refractivity contribution < 1.29 is 14.7 Å². The molecule has 21 heavy (non-hydrogen) atoms. The van der Waals surface area contributed by atoms with Gasteiger partial charge in [0.05, 0.1) is 6.54 Å². The fourth-order valence-electron chi connectivity index (χ4n) is 2.68. The number of aliphatic carboxylic acids is 1. The molecule has 1 aliphatic carbocycles. The number of amides is 2. The molecule has 0 spiro atoms. The summed E-state index contributed by atoms with van der Waals surface area (Å²) in [6, 6.07) is -0.373. The van der Waals surface area contributed by atoms with E-state index in [0.717, 1.165) is 25.1 Å². The van der Waals surface area contributed by atoms with Gasteiger partial charge in [0, 0.05) is 26.5 Å². The van der Waals surface area contributed by atoms with Crippen LogP contribution in [0, 0.1) is 0 Å². The molecule has 2 N–H and O–H groups in total. The minimum atomic E-state index is -1.12. The molecule has 1 saturated carbocycles. The van der Waals surface area contributed by atoms with Crippen LogP contribution in [-0.4, -0.2) is 44.1 Å². The van der Waals surface area contributed by atoms with E-state index in [-0.39, 0.29) is 6.03 Å².